The van der Waals surface area contributed by atoms with Gasteiger partial charge in [-0.3, -0.25) is 0 Å². The number of hydrogen-bond donors (Lipinski definition) is 4. The maximum Gasteiger partial charge on any atom is 0.328 e. The van der Waals surface area contributed by atoms with E-state index in [1.807, 2.05) is 0 Å². The first-order valence-corrected chi connectivity index (χ1v) is 4.58. The van der Waals surface area contributed by atoms with Crippen molar-refractivity contribution in [2.45, 2.75) is 12.5 Å². The van der Waals surface area contributed by atoms with Crippen LogP contribution in [0, 0.1) is 0 Å². The Hall–Kier alpha value is -1.34. The fraction of sp³-hybridized carbons (Fsp3) is 0.750. The lowest BCUT2D eigenvalue weighted by molar-refractivity contribution is -0.140. The number of carbonyl (C=O) groups excluding carboxylic acids is 1. The molecule has 0 saturated carbocycles. The van der Waals surface area contributed by atoms with E-state index in [0.717, 1.165) is 0 Å². The number of nitrogens with one attached hydrogen (secondary N) is 2. The molecular weight excluding hydrogens is 202 g/mol. The van der Waals surface area contributed by atoms with Crippen LogP contribution < -0.4 is 16.4 Å². The fourth-order valence-corrected chi connectivity index (χ4v) is 0.855. The van der Waals surface area contributed by atoms with Gasteiger partial charge in [0.2, 0.25) is 0 Å². The van der Waals surface area contributed by atoms with Crippen molar-refractivity contribution < 1.29 is 19.4 Å². The van der Waals surface area contributed by atoms with Gasteiger partial charge in [-0.2, -0.15) is 0 Å². The number of carbonyl (C=O) groups is 2. The van der Waals surface area contributed by atoms with Gasteiger partial charge in [-0.05, 0) is 13.0 Å². The Kier molecular flexibility index (Phi) is 7.29. The topological polar surface area (TPSA) is 114 Å². The van der Waals surface area contributed by atoms with E-state index in [2.05, 4.69) is 15.4 Å². The third kappa shape index (κ3) is 6.69. The summed E-state index contributed by atoms with van der Waals surface area (Å²) in [7, 11) is 1.37. The number of urea groups is 1. The third-order valence-corrected chi connectivity index (χ3v) is 1.60. The summed E-state index contributed by atoms with van der Waals surface area (Å²) in [5, 5.41) is 13.4. The number of ether oxygens (including phenoxy) is 1. The summed E-state index contributed by atoms with van der Waals surface area (Å²) >= 11 is 0. The second-order valence-electron chi connectivity index (χ2n) is 2.89. The van der Waals surface area contributed by atoms with Crippen molar-refractivity contribution in [2.75, 3.05) is 26.8 Å². The minimum absolute atomic E-state index is 0.0698. The van der Waals surface area contributed by atoms with Crippen molar-refractivity contribution in [2.24, 2.45) is 5.73 Å². The summed E-state index contributed by atoms with van der Waals surface area (Å²) in [5.41, 5.74) is 5.23. The van der Waals surface area contributed by atoms with Crippen LogP contribution >= 0.6 is 0 Å². The number of rotatable bonds is 7. The first kappa shape index (κ1) is 13.7. The number of nitrogens with two attached hydrogens (primary N) is 1. The summed E-state index contributed by atoms with van der Waals surface area (Å²) in [5.74, 6) is -1.13. The normalized spacial score (nSPS) is 11.9. The molecule has 2 amide bonds. The molecule has 0 bridgehead atoms. The zero-order valence-corrected chi connectivity index (χ0v) is 8.66. The number of carboxylic acid groups (broad SMARTS) is 1. The summed E-state index contributed by atoms with van der Waals surface area (Å²) in [6.07, 6.45) is 0.648. The molecule has 0 spiro atoms. The zero-order chi connectivity index (χ0) is 11.7. The van der Waals surface area contributed by atoms with Gasteiger partial charge in [-0.15, -0.1) is 0 Å². The van der Waals surface area contributed by atoms with Crippen LogP contribution in [0.1, 0.15) is 6.42 Å². The highest BCUT2D eigenvalue weighted by molar-refractivity contribution is 5.82. The highest BCUT2D eigenvalue weighted by atomic mass is 16.5. The molecule has 0 fully saturated rings. The lowest BCUT2D eigenvalue weighted by Crippen LogP contribution is -2.48. The quantitative estimate of drug-likeness (QED) is 0.399. The molecule has 0 saturated heterocycles. The van der Waals surface area contributed by atoms with Crippen LogP contribution in [0.3, 0.4) is 0 Å². The molecule has 0 aliphatic carbocycles. The molecule has 0 aliphatic heterocycles. The van der Waals surface area contributed by atoms with E-state index < -0.39 is 18.0 Å². The molecule has 7 heteroatoms. The van der Waals surface area contributed by atoms with Gasteiger partial charge >= 0.3 is 12.0 Å². The molecule has 0 aromatic heterocycles. The molecule has 88 valence electrons. The average molecular weight is 219 g/mol. The minimum Gasteiger partial charge on any atom is -0.480 e. The number of methoxy groups -OCH3 is 1. The standard InChI is InChI=1S/C8H17N3O4/c1-15-5-6(7(12)13)11-8(14)10-4-2-3-9/h6H,2-5,9H2,1H3,(H,12,13)(H2,10,11,14). The van der Waals surface area contributed by atoms with E-state index in [-0.39, 0.29) is 6.61 Å². The molecule has 0 aromatic rings. The molecule has 0 radical (unpaired) electrons. The van der Waals surface area contributed by atoms with E-state index in [9.17, 15) is 9.59 Å². The molecule has 1 unspecified atom stereocenters. The lowest BCUT2D eigenvalue weighted by Gasteiger charge is -2.13. The van der Waals surface area contributed by atoms with Gasteiger partial charge in [0, 0.05) is 13.7 Å². The summed E-state index contributed by atoms with van der Waals surface area (Å²) < 4.78 is 4.65. The monoisotopic (exact) mass is 219 g/mol. The Balaban J connectivity index is 3.84. The van der Waals surface area contributed by atoms with Crippen molar-refractivity contribution in [3.63, 3.8) is 0 Å². The number of carboxylic acids is 1. The van der Waals surface area contributed by atoms with Gasteiger partial charge in [-0.25, -0.2) is 9.59 Å². The second-order valence-corrected chi connectivity index (χ2v) is 2.89. The van der Waals surface area contributed by atoms with Gasteiger partial charge in [0.05, 0.1) is 6.61 Å². The molecule has 0 aromatic carbocycles. The predicted octanol–water partition coefficient (Wildman–Crippen LogP) is -1.27. The first-order chi connectivity index (χ1) is 7.11. The maximum atomic E-state index is 11.1. The Bertz CT molecular complexity index is 210. The fourth-order valence-electron chi connectivity index (χ4n) is 0.855. The molecule has 15 heavy (non-hydrogen) atoms. The van der Waals surface area contributed by atoms with E-state index in [1.165, 1.54) is 7.11 Å². The van der Waals surface area contributed by atoms with Gasteiger partial charge < -0.3 is 26.2 Å². The zero-order valence-electron chi connectivity index (χ0n) is 8.66. The van der Waals surface area contributed by atoms with Crippen LogP contribution in [0.25, 0.3) is 0 Å². The van der Waals surface area contributed by atoms with Crippen molar-refractivity contribution >= 4 is 12.0 Å². The molecule has 0 heterocycles. The molecule has 5 N–H and O–H groups in total. The SMILES string of the molecule is COCC(NC(=O)NCCCN)C(=O)O. The Morgan fingerprint density at radius 1 is 1.53 bits per heavy atom. The van der Waals surface area contributed by atoms with Gasteiger partial charge in [0.15, 0.2) is 6.04 Å². The first-order valence-electron chi connectivity index (χ1n) is 4.58. The highest BCUT2D eigenvalue weighted by Gasteiger charge is 2.18. The number of amides is 2. The summed E-state index contributed by atoms with van der Waals surface area (Å²) in [4.78, 5) is 21.7. The van der Waals surface area contributed by atoms with E-state index >= 15 is 0 Å². The third-order valence-electron chi connectivity index (χ3n) is 1.60. The summed E-state index contributed by atoms with van der Waals surface area (Å²) in [6, 6.07) is -1.57. The van der Waals surface area contributed by atoms with Crippen LogP contribution in [0.5, 0.6) is 0 Å². The van der Waals surface area contributed by atoms with E-state index in [0.29, 0.717) is 19.5 Å². The predicted molar refractivity (Wildman–Crippen MR) is 53.5 cm³/mol. The van der Waals surface area contributed by atoms with Crippen molar-refractivity contribution in [1.82, 2.24) is 10.6 Å². The molecule has 1 atom stereocenters. The molecule has 0 rings (SSSR count). The smallest absolute Gasteiger partial charge is 0.328 e. The summed E-state index contributed by atoms with van der Waals surface area (Å²) in [6.45, 7) is 0.821. The lowest BCUT2D eigenvalue weighted by atomic mass is 10.3. The van der Waals surface area contributed by atoms with Crippen LogP contribution in [0.2, 0.25) is 0 Å². The Morgan fingerprint density at radius 3 is 2.67 bits per heavy atom. The molecule has 0 aliphatic rings. The van der Waals surface area contributed by atoms with Gasteiger partial charge in [0.1, 0.15) is 0 Å². The maximum absolute atomic E-state index is 11.1. The Morgan fingerprint density at radius 2 is 2.20 bits per heavy atom. The van der Waals surface area contributed by atoms with Gasteiger partial charge in [0.25, 0.3) is 0 Å². The number of hydrogen-bond acceptors (Lipinski definition) is 4. The van der Waals surface area contributed by atoms with Crippen LogP contribution in [-0.4, -0.2) is 50.0 Å². The van der Waals surface area contributed by atoms with Crippen molar-refractivity contribution in [3.05, 3.63) is 0 Å². The largest absolute Gasteiger partial charge is 0.480 e. The molecular formula is C8H17N3O4. The minimum atomic E-state index is -1.13. The van der Waals surface area contributed by atoms with Crippen LogP contribution in [0.15, 0.2) is 0 Å². The molecule has 7 nitrogen and oxygen atoms in total. The van der Waals surface area contributed by atoms with Crippen LogP contribution in [-0.2, 0) is 9.53 Å². The van der Waals surface area contributed by atoms with Gasteiger partial charge in [-0.1, -0.05) is 0 Å². The van der Waals surface area contributed by atoms with E-state index in [1.54, 1.807) is 0 Å². The van der Waals surface area contributed by atoms with Crippen molar-refractivity contribution in [1.29, 1.82) is 0 Å². The van der Waals surface area contributed by atoms with Crippen LogP contribution in [0.4, 0.5) is 4.79 Å². The highest BCUT2D eigenvalue weighted by Crippen LogP contribution is 1.85. The van der Waals surface area contributed by atoms with Crippen molar-refractivity contribution in [3.8, 4) is 0 Å². The van der Waals surface area contributed by atoms with E-state index in [4.69, 9.17) is 10.8 Å². The second kappa shape index (κ2) is 8.01. The average Bonchev–Trinajstić information content (AvgIpc) is 2.17. The number of aliphatic carboxylic acids is 1. The Labute approximate surface area is 88.0 Å².